The Hall–Kier alpha value is -3.62. The van der Waals surface area contributed by atoms with Gasteiger partial charge in [-0.3, -0.25) is 9.69 Å². The van der Waals surface area contributed by atoms with Gasteiger partial charge in [-0.25, -0.2) is 15.0 Å². The molecule has 5 rings (SSSR count). The van der Waals surface area contributed by atoms with E-state index in [1.165, 1.54) is 23.2 Å². The van der Waals surface area contributed by atoms with Gasteiger partial charge < -0.3 is 10.2 Å². The van der Waals surface area contributed by atoms with Crippen LogP contribution in [-0.4, -0.2) is 51.9 Å². The first kappa shape index (κ1) is 21.2. The van der Waals surface area contributed by atoms with Gasteiger partial charge in [0.05, 0.1) is 0 Å². The van der Waals surface area contributed by atoms with Gasteiger partial charge in [0.1, 0.15) is 28.7 Å². The molecule has 3 heterocycles. The Labute approximate surface area is 196 Å². The number of hydrogen-bond donors (Lipinski definition) is 1. The normalized spacial score (nSPS) is 14.2. The van der Waals surface area contributed by atoms with Crippen molar-refractivity contribution in [2.24, 2.45) is 0 Å². The fourth-order valence-electron chi connectivity index (χ4n) is 3.84. The van der Waals surface area contributed by atoms with E-state index in [-0.39, 0.29) is 5.91 Å². The van der Waals surface area contributed by atoms with Crippen LogP contribution in [0.1, 0.15) is 16.1 Å². The summed E-state index contributed by atoms with van der Waals surface area (Å²) in [5, 5.41) is 5.45. The summed E-state index contributed by atoms with van der Waals surface area (Å²) in [6.07, 6.45) is 1.50. The Morgan fingerprint density at radius 1 is 0.939 bits per heavy atom. The molecule has 1 amide bonds. The molecular formula is C25H24N6OS. The van der Waals surface area contributed by atoms with E-state index in [0.717, 1.165) is 49.1 Å². The third-order valence-electron chi connectivity index (χ3n) is 5.60. The summed E-state index contributed by atoms with van der Waals surface area (Å²) < 4.78 is 0. The maximum atomic E-state index is 12.7. The summed E-state index contributed by atoms with van der Waals surface area (Å²) >= 11 is 1.45. The van der Waals surface area contributed by atoms with Gasteiger partial charge in [0, 0.05) is 49.7 Å². The van der Waals surface area contributed by atoms with E-state index in [1.807, 2.05) is 42.5 Å². The number of amides is 1. The van der Waals surface area contributed by atoms with Crippen LogP contribution in [0.25, 0.3) is 10.6 Å². The van der Waals surface area contributed by atoms with Crippen molar-refractivity contribution in [3.8, 4) is 10.6 Å². The second-order valence-corrected chi connectivity index (χ2v) is 8.73. The topological polar surface area (TPSA) is 74.2 Å². The predicted molar refractivity (Wildman–Crippen MR) is 131 cm³/mol. The van der Waals surface area contributed by atoms with Crippen LogP contribution in [0.2, 0.25) is 0 Å². The molecule has 0 unspecified atom stereocenters. The zero-order valence-electron chi connectivity index (χ0n) is 18.1. The van der Waals surface area contributed by atoms with Crippen molar-refractivity contribution in [2.75, 3.05) is 36.4 Å². The number of nitrogens with one attached hydrogen (secondary N) is 1. The molecule has 0 aliphatic carbocycles. The molecule has 0 saturated carbocycles. The van der Waals surface area contributed by atoms with Gasteiger partial charge in [-0.05, 0) is 5.56 Å². The number of hydrogen-bond acceptors (Lipinski definition) is 7. The standard InChI is InChI=1S/C25H24N6OS/c32-24(21-17-33-25(28-21)20-9-5-2-6-10-20)29-22-15-23(27-18-26-22)31-13-11-30(12-14-31)16-19-7-3-1-4-8-19/h1-10,15,17-18H,11-14,16H2,(H,26,27,29,32). The number of thiazole rings is 1. The van der Waals surface area contributed by atoms with Crippen molar-refractivity contribution in [3.63, 3.8) is 0 Å². The van der Waals surface area contributed by atoms with E-state index in [9.17, 15) is 4.79 Å². The number of anilines is 2. The Kier molecular flexibility index (Phi) is 6.37. The van der Waals surface area contributed by atoms with Crippen LogP contribution in [0, 0.1) is 0 Å². The smallest absolute Gasteiger partial charge is 0.276 e. The molecule has 0 atom stereocenters. The zero-order valence-corrected chi connectivity index (χ0v) is 18.9. The minimum absolute atomic E-state index is 0.272. The minimum atomic E-state index is -0.272. The summed E-state index contributed by atoms with van der Waals surface area (Å²) in [5.41, 5.74) is 2.71. The average molecular weight is 457 g/mol. The van der Waals surface area contributed by atoms with Crippen molar-refractivity contribution >= 4 is 28.9 Å². The van der Waals surface area contributed by atoms with Crippen molar-refractivity contribution in [1.82, 2.24) is 19.9 Å². The first-order valence-corrected chi connectivity index (χ1v) is 11.8. The fraction of sp³-hybridized carbons (Fsp3) is 0.200. The number of piperazine rings is 1. The van der Waals surface area contributed by atoms with E-state index in [2.05, 4.69) is 54.3 Å². The first-order chi connectivity index (χ1) is 16.2. The van der Waals surface area contributed by atoms with Gasteiger partial charge >= 0.3 is 0 Å². The quantitative estimate of drug-likeness (QED) is 0.469. The number of aromatic nitrogens is 3. The highest BCUT2D eigenvalue weighted by Gasteiger charge is 2.19. The highest BCUT2D eigenvalue weighted by Crippen LogP contribution is 2.24. The van der Waals surface area contributed by atoms with E-state index in [1.54, 1.807) is 5.38 Å². The van der Waals surface area contributed by atoms with Crippen LogP contribution < -0.4 is 10.2 Å². The van der Waals surface area contributed by atoms with Crippen LogP contribution in [0.4, 0.5) is 11.6 Å². The molecule has 33 heavy (non-hydrogen) atoms. The van der Waals surface area contributed by atoms with Gasteiger partial charge in [0.2, 0.25) is 0 Å². The molecule has 166 valence electrons. The molecule has 4 aromatic rings. The van der Waals surface area contributed by atoms with E-state index < -0.39 is 0 Å². The number of carbonyl (C=O) groups is 1. The molecule has 1 saturated heterocycles. The Morgan fingerprint density at radius 2 is 1.67 bits per heavy atom. The number of benzene rings is 2. The summed E-state index contributed by atoms with van der Waals surface area (Å²) in [4.78, 5) is 30.5. The van der Waals surface area contributed by atoms with Gasteiger partial charge in [-0.1, -0.05) is 60.7 Å². The van der Waals surface area contributed by atoms with Crippen LogP contribution in [0.3, 0.4) is 0 Å². The lowest BCUT2D eigenvalue weighted by atomic mass is 10.2. The first-order valence-electron chi connectivity index (χ1n) is 10.9. The summed E-state index contributed by atoms with van der Waals surface area (Å²) in [6.45, 7) is 4.63. The summed E-state index contributed by atoms with van der Waals surface area (Å²) in [6, 6.07) is 22.2. The second kappa shape index (κ2) is 9.89. The van der Waals surface area contributed by atoms with E-state index in [4.69, 9.17) is 0 Å². The van der Waals surface area contributed by atoms with Gasteiger partial charge in [0.25, 0.3) is 5.91 Å². The molecule has 2 aromatic carbocycles. The van der Waals surface area contributed by atoms with Crippen LogP contribution >= 0.6 is 11.3 Å². The Bertz CT molecular complexity index is 1210. The van der Waals surface area contributed by atoms with Gasteiger partial charge in [0.15, 0.2) is 0 Å². The predicted octanol–water partition coefficient (Wildman–Crippen LogP) is 4.17. The highest BCUT2D eigenvalue weighted by molar-refractivity contribution is 7.13. The maximum Gasteiger partial charge on any atom is 0.276 e. The molecule has 7 nitrogen and oxygen atoms in total. The second-order valence-electron chi connectivity index (χ2n) is 7.87. The minimum Gasteiger partial charge on any atom is -0.354 e. The maximum absolute atomic E-state index is 12.7. The molecule has 8 heteroatoms. The van der Waals surface area contributed by atoms with Crippen molar-refractivity contribution in [2.45, 2.75) is 6.54 Å². The molecule has 0 spiro atoms. The van der Waals surface area contributed by atoms with Gasteiger partial charge in [-0.15, -0.1) is 11.3 Å². The number of carbonyl (C=O) groups excluding carboxylic acids is 1. The molecule has 1 fully saturated rings. The third kappa shape index (κ3) is 5.24. The fourth-order valence-corrected chi connectivity index (χ4v) is 4.64. The zero-order chi connectivity index (χ0) is 22.5. The Balaban J connectivity index is 1.19. The lowest BCUT2D eigenvalue weighted by molar-refractivity contribution is 0.102. The molecule has 0 radical (unpaired) electrons. The SMILES string of the molecule is O=C(Nc1cc(N2CCN(Cc3ccccc3)CC2)ncn1)c1csc(-c2ccccc2)n1. The largest absolute Gasteiger partial charge is 0.354 e. The summed E-state index contributed by atoms with van der Waals surface area (Å²) in [5.74, 6) is 1.03. The third-order valence-corrected chi connectivity index (χ3v) is 6.49. The molecule has 2 aromatic heterocycles. The van der Waals surface area contributed by atoms with Crippen LogP contribution in [-0.2, 0) is 6.54 Å². The van der Waals surface area contributed by atoms with Crippen LogP contribution in [0.5, 0.6) is 0 Å². The van der Waals surface area contributed by atoms with Gasteiger partial charge in [-0.2, -0.15) is 0 Å². The lowest BCUT2D eigenvalue weighted by Crippen LogP contribution is -2.46. The van der Waals surface area contributed by atoms with Crippen molar-refractivity contribution in [1.29, 1.82) is 0 Å². The van der Waals surface area contributed by atoms with Crippen LogP contribution in [0.15, 0.2) is 78.4 Å². The van der Waals surface area contributed by atoms with Crippen molar-refractivity contribution in [3.05, 3.63) is 89.7 Å². The average Bonchev–Trinajstić information content (AvgIpc) is 3.37. The molecule has 1 aliphatic heterocycles. The molecule has 1 aliphatic rings. The monoisotopic (exact) mass is 456 g/mol. The number of rotatable bonds is 6. The van der Waals surface area contributed by atoms with Crippen molar-refractivity contribution < 1.29 is 4.79 Å². The van der Waals surface area contributed by atoms with E-state index in [0.29, 0.717) is 11.5 Å². The molecule has 1 N–H and O–H groups in total. The lowest BCUT2D eigenvalue weighted by Gasteiger charge is -2.35. The highest BCUT2D eigenvalue weighted by atomic mass is 32.1. The Morgan fingerprint density at radius 3 is 2.42 bits per heavy atom. The molecule has 0 bridgehead atoms. The summed E-state index contributed by atoms with van der Waals surface area (Å²) in [7, 11) is 0. The molecular weight excluding hydrogens is 432 g/mol. The number of nitrogens with zero attached hydrogens (tertiary/aromatic N) is 5. The van der Waals surface area contributed by atoms with E-state index >= 15 is 0 Å².